The topological polar surface area (TPSA) is 87.3 Å². The van der Waals surface area contributed by atoms with Gasteiger partial charge in [0, 0.05) is 17.8 Å². The van der Waals surface area contributed by atoms with E-state index in [1.54, 1.807) is 0 Å². The van der Waals surface area contributed by atoms with Crippen LogP contribution >= 0.6 is 0 Å². The van der Waals surface area contributed by atoms with E-state index in [0.29, 0.717) is 5.75 Å². The van der Waals surface area contributed by atoms with Gasteiger partial charge < -0.3 is 4.74 Å². The zero-order valence-corrected chi connectivity index (χ0v) is 16.2. The molecule has 0 fully saturated rings. The summed E-state index contributed by atoms with van der Waals surface area (Å²) in [6, 6.07) is 5.65. The molecule has 7 heteroatoms. The molecule has 0 bridgehead atoms. The number of nitrogens with zero attached hydrogens (tertiary/aromatic N) is 3. The zero-order valence-electron chi connectivity index (χ0n) is 16.2. The normalized spacial score (nSPS) is 10.8. The second-order valence-electron chi connectivity index (χ2n) is 6.66. The summed E-state index contributed by atoms with van der Waals surface area (Å²) in [6.45, 7) is 5.86. The number of aromatic nitrogens is 2. The highest BCUT2D eigenvalue weighted by molar-refractivity contribution is 5.80. The SMILES string of the molecule is CCCCCCCc1c(C)nn(C(=O)COc2ccc([N+](=O)[O-])cc2)c1C. The van der Waals surface area contributed by atoms with E-state index in [9.17, 15) is 14.9 Å². The second kappa shape index (κ2) is 9.85. The van der Waals surface area contributed by atoms with Gasteiger partial charge in [-0.15, -0.1) is 0 Å². The van der Waals surface area contributed by atoms with E-state index < -0.39 is 4.92 Å². The Bertz CT molecular complexity index is 781. The van der Waals surface area contributed by atoms with Gasteiger partial charge in [0.2, 0.25) is 0 Å². The summed E-state index contributed by atoms with van der Waals surface area (Å²) in [6.07, 6.45) is 6.94. The van der Waals surface area contributed by atoms with E-state index in [-0.39, 0.29) is 18.2 Å². The number of carbonyl (C=O) groups excluding carboxylic acids is 1. The molecule has 0 radical (unpaired) electrons. The first-order valence-electron chi connectivity index (χ1n) is 9.39. The van der Waals surface area contributed by atoms with Gasteiger partial charge in [-0.3, -0.25) is 14.9 Å². The highest BCUT2D eigenvalue weighted by atomic mass is 16.6. The van der Waals surface area contributed by atoms with Crippen LogP contribution in [0.4, 0.5) is 5.69 Å². The van der Waals surface area contributed by atoms with E-state index in [1.165, 1.54) is 54.6 Å². The molecule has 0 N–H and O–H groups in total. The van der Waals surface area contributed by atoms with Crippen molar-refractivity contribution in [3.8, 4) is 5.75 Å². The first-order chi connectivity index (χ1) is 12.9. The summed E-state index contributed by atoms with van der Waals surface area (Å²) in [7, 11) is 0. The number of non-ortho nitro benzene ring substituents is 1. The Morgan fingerprint density at radius 3 is 2.44 bits per heavy atom. The molecule has 0 saturated carbocycles. The number of carbonyl (C=O) groups is 1. The maximum Gasteiger partial charge on any atom is 0.284 e. The average molecular weight is 373 g/mol. The van der Waals surface area contributed by atoms with Crippen molar-refractivity contribution in [3.05, 3.63) is 51.3 Å². The number of unbranched alkanes of at least 4 members (excludes halogenated alkanes) is 4. The van der Waals surface area contributed by atoms with Crippen LogP contribution in [-0.2, 0) is 6.42 Å². The zero-order chi connectivity index (χ0) is 19.8. The second-order valence-corrected chi connectivity index (χ2v) is 6.66. The predicted molar refractivity (Wildman–Crippen MR) is 103 cm³/mol. The third kappa shape index (κ3) is 5.64. The number of hydrogen-bond donors (Lipinski definition) is 0. The molecule has 146 valence electrons. The molecule has 7 nitrogen and oxygen atoms in total. The monoisotopic (exact) mass is 373 g/mol. The van der Waals surface area contributed by atoms with Crippen LogP contribution in [0.3, 0.4) is 0 Å². The van der Waals surface area contributed by atoms with Crippen LogP contribution in [0.5, 0.6) is 5.75 Å². The summed E-state index contributed by atoms with van der Waals surface area (Å²) in [5.41, 5.74) is 2.86. The average Bonchev–Trinajstić information content (AvgIpc) is 2.94. The number of nitro benzene ring substituents is 1. The smallest absolute Gasteiger partial charge is 0.284 e. The maximum atomic E-state index is 12.5. The van der Waals surface area contributed by atoms with Gasteiger partial charge in [0.05, 0.1) is 10.6 Å². The van der Waals surface area contributed by atoms with Gasteiger partial charge in [0.25, 0.3) is 11.6 Å². The van der Waals surface area contributed by atoms with Gasteiger partial charge in [-0.25, -0.2) is 4.68 Å². The lowest BCUT2D eigenvalue weighted by Crippen LogP contribution is -2.21. The van der Waals surface area contributed by atoms with Crippen molar-refractivity contribution in [2.75, 3.05) is 6.61 Å². The molecule has 0 spiro atoms. The Hall–Kier alpha value is -2.70. The summed E-state index contributed by atoms with van der Waals surface area (Å²) in [5.74, 6) is 0.151. The van der Waals surface area contributed by atoms with E-state index in [2.05, 4.69) is 12.0 Å². The van der Waals surface area contributed by atoms with Crippen LogP contribution in [-0.4, -0.2) is 27.2 Å². The fraction of sp³-hybridized carbons (Fsp3) is 0.500. The summed E-state index contributed by atoms with van der Waals surface area (Å²) in [4.78, 5) is 22.6. The summed E-state index contributed by atoms with van der Waals surface area (Å²) < 4.78 is 6.86. The number of hydrogen-bond acceptors (Lipinski definition) is 5. The number of aryl methyl sites for hydroxylation is 1. The number of ether oxygens (including phenoxy) is 1. The highest BCUT2D eigenvalue weighted by Gasteiger charge is 2.17. The van der Waals surface area contributed by atoms with E-state index in [0.717, 1.165) is 29.8 Å². The van der Waals surface area contributed by atoms with Crippen molar-refractivity contribution in [2.45, 2.75) is 59.3 Å². The number of benzene rings is 1. The lowest BCUT2D eigenvalue weighted by atomic mass is 10.0. The molecule has 0 aliphatic carbocycles. The molecule has 2 rings (SSSR count). The van der Waals surface area contributed by atoms with Gasteiger partial charge in [-0.2, -0.15) is 5.10 Å². The standard InChI is InChI=1S/C20H27N3O4/c1-4-5-6-7-8-9-19-15(2)21-22(16(19)3)20(24)14-27-18-12-10-17(11-13-18)23(25)26/h10-13H,4-9,14H2,1-3H3. The van der Waals surface area contributed by atoms with Gasteiger partial charge in [0.1, 0.15) is 5.75 Å². The van der Waals surface area contributed by atoms with E-state index >= 15 is 0 Å². The molecule has 0 aliphatic heterocycles. The summed E-state index contributed by atoms with van der Waals surface area (Å²) >= 11 is 0. The Morgan fingerprint density at radius 2 is 1.81 bits per heavy atom. The minimum absolute atomic E-state index is 0.0178. The van der Waals surface area contributed by atoms with Gasteiger partial charge in [0.15, 0.2) is 6.61 Å². The molecule has 1 aromatic heterocycles. The fourth-order valence-corrected chi connectivity index (χ4v) is 3.06. The molecular formula is C20H27N3O4. The maximum absolute atomic E-state index is 12.5. The Balaban J connectivity index is 1.93. The number of nitro groups is 1. The van der Waals surface area contributed by atoms with Crippen molar-refractivity contribution < 1.29 is 14.5 Å². The van der Waals surface area contributed by atoms with Gasteiger partial charge in [-0.1, -0.05) is 32.6 Å². The molecule has 1 heterocycles. The van der Waals surface area contributed by atoms with Crippen molar-refractivity contribution in [1.29, 1.82) is 0 Å². The van der Waals surface area contributed by atoms with Gasteiger partial charge >= 0.3 is 0 Å². The Labute approximate surface area is 159 Å². The van der Waals surface area contributed by atoms with Gasteiger partial charge in [-0.05, 0) is 44.4 Å². The molecule has 2 aromatic rings. The third-order valence-electron chi connectivity index (χ3n) is 4.62. The van der Waals surface area contributed by atoms with E-state index in [4.69, 9.17) is 4.74 Å². The lowest BCUT2D eigenvalue weighted by molar-refractivity contribution is -0.384. The lowest BCUT2D eigenvalue weighted by Gasteiger charge is -2.07. The van der Waals surface area contributed by atoms with Crippen molar-refractivity contribution in [3.63, 3.8) is 0 Å². The molecule has 0 atom stereocenters. The molecule has 0 aliphatic rings. The Kier molecular flexibility index (Phi) is 7.52. The van der Waals surface area contributed by atoms with Crippen LogP contribution < -0.4 is 4.74 Å². The quantitative estimate of drug-likeness (QED) is 0.344. The third-order valence-corrected chi connectivity index (χ3v) is 4.62. The van der Waals surface area contributed by atoms with Crippen molar-refractivity contribution in [1.82, 2.24) is 9.78 Å². The fourth-order valence-electron chi connectivity index (χ4n) is 3.06. The van der Waals surface area contributed by atoms with Crippen LogP contribution in [0.1, 0.15) is 60.8 Å². The minimum Gasteiger partial charge on any atom is -0.484 e. The van der Waals surface area contributed by atoms with Crippen LogP contribution in [0.2, 0.25) is 0 Å². The van der Waals surface area contributed by atoms with E-state index in [1.807, 2.05) is 13.8 Å². The molecule has 0 saturated heterocycles. The molecule has 1 aromatic carbocycles. The summed E-state index contributed by atoms with van der Waals surface area (Å²) in [5, 5.41) is 15.0. The number of rotatable bonds is 10. The van der Waals surface area contributed by atoms with Crippen LogP contribution in [0, 0.1) is 24.0 Å². The first kappa shape index (κ1) is 20.6. The van der Waals surface area contributed by atoms with Crippen LogP contribution in [0.15, 0.2) is 24.3 Å². The first-order valence-corrected chi connectivity index (χ1v) is 9.39. The van der Waals surface area contributed by atoms with Crippen LogP contribution in [0.25, 0.3) is 0 Å². The molecular weight excluding hydrogens is 346 g/mol. The highest BCUT2D eigenvalue weighted by Crippen LogP contribution is 2.19. The Morgan fingerprint density at radius 1 is 1.15 bits per heavy atom. The molecule has 0 unspecified atom stereocenters. The molecule has 0 amide bonds. The minimum atomic E-state index is -0.478. The van der Waals surface area contributed by atoms with Crippen molar-refractivity contribution in [2.24, 2.45) is 0 Å². The van der Waals surface area contributed by atoms with Crippen molar-refractivity contribution >= 4 is 11.6 Å². The largest absolute Gasteiger partial charge is 0.484 e. The predicted octanol–water partition coefficient (Wildman–Crippen LogP) is 4.64. The molecule has 27 heavy (non-hydrogen) atoms.